The molecule has 0 fully saturated rings. The van der Waals surface area contributed by atoms with Gasteiger partial charge in [-0.1, -0.05) is 23.9 Å². The van der Waals surface area contributed by atoms with E-state index >= 15 is 0 Å². The van der Waals surface area contributed by atoms with E-state index in [1.807, 2.05) is 49.6 Å². The average Bonchev–Trinajstić information content (AvgIpc) is 3.09. The van der Waals surface area contributed by atoms with Crippen molar-refractivity contribution in [2.75, 3.05) is 20.5 Å². The minimum Gasteiger partial charge on any atom is -0.493 e. The number of aryl methyl sites for hydroxylation is 2. The van der Waals surface area contributed by atoms with Crippen LogP contribution in [0.3, 0.4) is 0 Å². The Morgan fingerprint density at radius 1 is 1.13 bits per heavy atom. The highest BCUT2D eigenvalue weighted by molar-refractivity contribution is 8.38. The number of aliphatic imine (C=N–C) groups is 1. The summed E-state index contributed by atoms with van der Waals surface area (Å²) < 4.78 is 14.1. The van der Waals surface area contributed by atoms with Crippen molar-refractivity contribution in [3.63, 3.8) is 0 Å². The summed E-state index contributed by atoms with van der Waals surface area (Å²) in [6.07, 6.45) is 1.98. The second kappa shape index (κ2) is 9.86. The molecule has 10 heteroatoms. The second-order valence-electron chi connectivity index (χ2n) is 6.28. The Bertz CT molecular complexity index is 1120. The van der Waals surface area contributed by atoms with E-state index in [4.69, 9.17) is 14.5 Å². The van der Waals surface area contributed by atoms with Gasteiger partial charge < -0.3 is 9.47 Å². The predicted octanol–water partition coefficient (Wildman–Crippen LogP) is 3.58. The van der Waals surface area contributed by atoms with Crippen LogP contribution in [0.2, 0.25) is 0 Å². The number of methoxy groups -OCH3 is 2. The summed E-state index contributed by atoms with van der Waals surface area (Å²) >= 11 is 3.16. The topological polar surface area (TPSA) is 83.5 Å². The van der Waals surface area contributed by atoms with Crippen LogP contribution in [-0.4, -0.2) is 44.6 Å². The van der Waals surface area contributed by atoms with Crippen molar-refractivity contribution < 1.29 is 9.47 Å². The Hall–Kier alpha value is -2.72. The lowest BCUT2D eigenvalue weighted by atomic mass is 10.1. The molecule has 0 saturated carbocycles. The van der Waals surface area contributed by atoms with Crippen molar-refractivity contribution in [1.82, 2.24) is 19.8 Å². The van der Waals surface area contributed by atoms with Crippen LogP contribution in [0, 0.1) is 6.92 Å². The molecule has 0 aliphatic heterocycles. The lowest BCUT2D eigenvalue weighted by molar-refractivity contribution is 0.355. The molecule has 0 unspecified atom stereocenters. The molecule has 3 aromatic rings. The lowest BCUT2D eigenvalue weighted by Gasteiger charge is -2.12. The molecule has 0 N–H and O–H groups in total. The van der Waals surface area contributed by atoms with Crippen molar-refractivity contribution in [1.29, 1.82) is 0 Å². The monoisotopic (exact) mass is 445 g/mol. The molecule has 3 rings (SSSR count). The van der Waals surface area contributed by atoms with E-state index in [0.717, 1.165) is 26.9 Å². The minimum absolute atomic E-state index is 0.282. The van der Waals surface area contributed by atoms with Gasteiger partial charge in [-0.25, -0.2) is 9.79 Å². The first kappa shape index (κ1) is 22.0. The third-order valence-corrected chi connectivity index (χ3v) is 6.50. The number of benzene rings is 2. The molecule has 1 heterocycles. The Morgan fingerprint density at radius 2 is 1.90 bits per heavy atom. The van der Waals surface area contributed by atoms with Crippen LogP contribution >= 0.6 is 23.5 Å². The van der Waals surface area contributed by atoms with Gasteiger partial charge in [0, 0.05) is 18.9 Å². The molecule has 2 aromatic carbocycles. The fourth-order valence-electron chi connectivity index (χ4n) is 2.81. The molecule has 0 amide bonds. The number of ether oxygens (including phenoxy) is 2. The molecule has 8 nitrogen and oxygen atoms in total. The first-order valence-corrected chi connectivity index (χ1v) is 11.2. The number of tetrazole rings is 1. The summed E-state index contributed by atoms with van der Waals surface area (Å²) in [6, 6.07) is 11.4. The zero-order valence-electron chi connectivity index (χ0n) is 17.4. The van der Waals surface area contributed by atoms with Crippen molar-refractivity contribution in [3.05, 3.63) is 58.0 Å². The van der Waals surface area contributed by atoms with Gasteiger partial charge in [0.1, 0.15) is 4.38 Å². The quantitative estimate of drug-likeness (QED) is 0.424. The molecule has 0 bridgehead atoms. The van der Waals surface area contributed by atoms with Crippen LogP contribution in [-0.2, 0) is 12.8 Å². The molecular formula is C20H23N5O3S2. The summed E-state index contributed by atoms with van der Waals surface area (Å²) in [4.78, 5) is 17.1. The van der Waals surface area contributed by atoms with Crippen LogP contribution in [0.4, 0.5) is 5.69 Å². The normalized spacial score (nSPS) is 11.6. The van der Waals surface area contributed by atoms with Gasteiger partial charge in [0.15, 0.2) is 11.5 Å². The third kappa shape index (κ3) is 4.71. The van der Waals surface area contributed by atoms with Crippen LogP contribution < -0.4 is 15.2 Å². The molecule has 0 spiro atoms. The predicted molar refractivity (Wildman–Crippen MR) is 123 cm³/mol. The van der Waals surface area contributed by atoms with Crippen LogP contribution in [0.25, 0.3) is 5.69 Å². The van der Waals surface area contributed by atoms with Crippen LogP contribution in [0.5, 0.6) is 11.5 Å². The zero-order valence-corrected chi connectivity index (χ0v) is 19.1. The van der Waals surface area contributed by atoms with Crippen LogP contribution in [0.1, 0.15) is 11.1 Å². The third-order valence-electron chi connectivity index (χ3n) is 4.44. The maximum atomic E-state index is 12.3. The summed E-state index contributed by atoms with van der Waals surface area (Å²) in [7, 11) is 4.79. The summed E-state index contributed by atoms with van der Waals surface area (Å²) in [5.74, 6) is 1.93. The maximum Gasteiger partial charge on any atom is 0.368 e. The van der Waals surface area contributed by atoms with E-state index in [1.54, 1.807) is 44.8 Å². The fraction of sp³-hybridized carbons (Fsp3) is 0.300. The SMILES string of the molecule is COc1ccc(/N=C(/SC)SCc2c(C)cccc2-n2nnn(C)c2=O)cc1OC. The Balaban J connectivity index is 1.88. The van der Waals surface area contributed by atoms with Gasteiger partial charge in [-0.05, 0) is 52.9 Å². The molecule has 1 aromatic heterocycles. The molecule has 0 radical (unpaired) electrons. The number of hydrogen-bond donors (Lipinski definition) is 0. The molecule has 0 saturated heterocycles. The summed E-state index contributed by atoms with van der Waals surface area (Å²) in [5.41, 5.74) is 3.31. The molecule has 158 valence electrons. The van der Waals surface area contributed by atoms with Gasteiger partial charge in [0.2, 0.25) is 0 Å². The van der Waals surface area contributed by atoms with Crippen molar-refractivity contribution in [2.24, 2.45) is 12.0 Å². The highest BCUT2D eigenvalue weighted by Crippen LogP contribution is 2.33. The van der Waals surface area contributed by atoms with E-state index < -0.39 is 0 Å². The molecular weight excluding hydrogens is 422 g/mol. The standard InChI is InChI=1S/C20H23N5O3S2/c1-13-7-6-8-16(25-20(26)24(2)22-23-25)15(13)12-30-19(29-5)21-14-9-10-17(27-3)18(11-14)28-4/h6-11H,12H2,1-5H3/b21-19-. The number of aromatic nitrogens is 4. The van der Waals surface area contributed by atoms with Gasteiger partial charge >= 0.3 is 5.69 Å². The number of nitrogens with zero attached hydrogens (tertiary/aromatic N) is 5. The first-order chi connectivity index (χ1) is 14.5. The molecule has 0 atom stereocenters. The lowest BCUT2D eigenvalue weighted by Crippen LogP contribution is -2.23. The minimum atomic E-state index is -0.282. The van der Waals surface area contributed by atoms with Gasteiger partial charge in [0.05, 0.1) is 25.6 Å². The fourth-order valence-corrected chi connectivity index (χ4v) is 4.47. The second-order valence-corrected chi connectivity index (χ2v) is 8.30. The van der Waals surface area contributed by atoms with Gasteiger partial charge in [-0.15, -0.1) is 11.8 Å². The number of hydrogen-bond acceptors (Lipinski definition) is 8. The van der Waals surface area contributed by atoms with Crippen molar-refractivity contribution in [2.45, 2.75) is 12.7 Å². The van der Waals surface area contributed by atoms with Gasteiger partial charge in [-0.3, -0.25) is 0 Å². The molecule has 30 heavy (non-hydrogen) atoms. The number of rotatable bonds is 6. The van der Waals surface area contributed by atoms with Gasteiger partial charge in [-0.2, -0.15) is 9.36 Å². The average molecular weight is 446 g/mol. The maximum absolute atomic E-state index is 12.3. The first-order valence-electron chi connectivity index (χ1n) is 9.03. The molecule has 0 aliphatic rings. The number of thioether (sulfide) groups is 2. The zero-order chi connectivity index (χ0) is 21.7. The van der Waals surface area contributed by atoms with E-state index in [2.05, 4.69) is 10.4 Å². The van der Waals surface area contributed by atoms with E-state index in [1.165, 1.54) is 9.36 Å². The highest BCUT2D eigenvalue weighted by Gasteiger charge is 2.14. The van der Waals surface area contributed by atoms with Crippen molar-refractivity contribution >= 4 is 33.6 Å². The Morgan fingerprint density at radius 3 is 2.53 bits per heavy atom. The summed E-state index contributed by atoms with van der Waals surface area (Å²) in [6.45, 7) is 2.02. The van der Waals surface area contributed by atoms with Crippen molar-refractivity contribution in [3.8, 4) is 17.2 Å². The van der Waals surface area contributed by atoms with E-state index in [0.29, 0.717) is 17.3 Å². The molecule has 0 aliphatic carbocycles. The van der Waals surface area contributed by atoms with Gasteiger partial charge in [0.25, 0.3) is 0 Å². The smallest absolute Gasteiger partial charge is 0.368 e. The largest absolute Gasteiger partial charge is 0.493 e. The van der Waals surface area contributed by atoms with Crippen LogP contribution in [0.15, 0.2) is 46.2 Å². The Labute approximate surface area is 183 Å². The Kier molecular flexibility index (Phi) is 7.22. The van der Waals surface area contributed by atoms with E-state index in [-0.39, 0.29) is 5.69 Å². The summed E-state index contributed by atoms with van der Waals surface area (Å²) in [5, 5.41) is 7.81. The highest BCUT2D eigenvalue weighted by atomic mass is 32.2. The van der Waals surface area contributed by atoms with E-state index in [9.17, 15) is 4.79 Å².